The Morgan fingerprint density at radius 2 is 1.89 bits per heavy atom. The lowest BCUT2D eigenvalue weighted by Gasteiger charge is -2.34. The molecular weight excluding hydrogens is 385 g/mol. The molecule has 3 rings (SSSR count). The molecule has 0 unspecified atom stereocenters. The minimum absolute atomic E-state index is 0.0632. The molecule has 2 aromatic rings. The lowest BCUT2D eigenvalue weighted by atomic mass is 9.95. The predicted molar refractivity (Wildman–Crippen MR) is 89.2 cm³/mol. The van der Waals surface area contributed by atoms with E-state index in [1.54, 1.807) is 0 Å². The number of urea groups is 1. The molecule has 5 nitrogen and oxygen atoms in total. The first-order valence-corrected chi connectivity index (χ1v) is 8.08. The zero-order valence-electron chi connectivity index (χ0n) is 14.2. The molecule has 0 bridgehead atoms. The number of nitrogens with zero attached hydrogens (tertiary/aromatic N) is 1. The van der Waals surface area contributed by atoms with Gasteiger partial charge in [-0.25, -0.2) is 13.6 Å². The van der Waals surface area contributed by atoms with Gasteiger partial charge < -0.3 is 16.0 Å². The smallest absolute Gasteiger partial charge is 0.352 e. The summed E-state index contributed by atoms with van der Waals surface area (Å²) in [6.07, 6.45) is -4.89. The number of nitrogens with two attached hydrogens (primary N) is 1. The number of carbonyl (C=O) groups excluding carboxylic acids is 2. The van der Waals surface area contributed by atoms with Crippen LogP contribution in [-0.2, 0) is 23.9 Å². The van der Waals surface area contributed by atoms with Gasteiger partial charge in [-0.15, -0.1) is 0 Å². The Hall–Kier alpha value is -3.17. The Morgan fingerprint density at radius 1 is 1.18 bits per heavy atom. The topological polar surface area (TPSA) is 75.4 Å². The van der Waals surface area contributed by atoms with Crippen LogP contribution < -0.4 is 16.0 Å². The predicted octanol–water partition coefficient (Wildman–Crippen LogP) is 3.11. The molecule has 2 aromatic carbocycles. The quantitative estimate of drug-likeness (QED) is 0.779. The van der Waals surface area contributed by atoms with E-state index in [0.717, 1.165) is 11.0 Å². The molecule has 3 amide bonds. The normalized spacial score (nSPS) is 16.7. The highest BCUT2D eigenvalue weighted by Crippen LogP contribution is 2.34. The van der Waals surface area contributed by atoms with Crippen LogP contribution in [0.4, 0.5) is 32.4 Å². The highest BCUT2D eigenvalue weighted by molar-refractivity contribution is 6.01. The fraction of sp³-hybridized carbons (Fsp3) is 0.222. The third-order valence-electron chi connectivity index (χ3n) is 4.38. The van der Waals surface area contributed by atoms with Gasteiger partial charge in [0, 0.05) is 17.5 Å². The fourth-order valence-corrected chi connectivity index (χ4v) is 3.09. The molecule has 1 aliphatic heterocycles. The molecule has 0 spiro atoms. The molecule has 28 heavy (non-hydrogen) atoms. The van der Waals surface area contributed by atoms with E-state index in [4.69, 9.17) is 5.73 Å². The van der Waals surface area contributed by atoms with Gasteiger partial charge in [0.1, 0.15) is 17.7 Å². The van der Waals surface area contributed by atoms with Crippen LogP contribution in [0.3, 0.4) is 0 Å². The minimum Gasteiger partial charge on any atom is -0.352 e. The van der Waals surface area contributed by atoms with Gasteiger partial charge in [0.2, 0.25) is 5.91 Å². The standard InChI is InChI=1S/C18H14F5N3O2/c19-12-5-4-10(18(21,22)23)6-9(12)8-26-15-3-1-2-13(20)11(15)7-14(16(26)27)25-17(24)28/h1-6,14H,7-8H2,(H3,24,25,28)/t14-/m1/s1. The number of amides is 3. The van der Waals surface area contributed by atoms with E-state index >= 15 is 0 Å². The summed E-state index contributed by atoms with van der Waals surface area (Å²) < 4.78 is 67.2. The van der Waals surface area contributed by atoms with E-state index in [9.17, 15) is 31.5 Å². The molecule has 0 saturated carbocycles. The average Bonchev–Trinajstić information content (AvgIpc) is 2.59. The molecule has 148 valence electrons. The van der Waals surface area contributed by atoms with Crippen molar-refractivity contribution in [1.29, 1.82) is 0 Å². The van der Waals surface area contributed by atoms with Gasteiger partial charge in [-0.2, -0.15) is 13.2 Å². The Bertz CT molecular complexity index is 945. The lowest BCUT2D eigenvalue weighted by molar-refractivity contribution is -0.137. The van der Waals surface area contributed by atoms with Crippen LogP contribution in [0.15, 0.2) is 36.4 Å². The minimum atomic E-state index is -4.70. The zero-order chi connectivity index (χ0) is 20.6. The second kappa shape index (κ2) is 7.10. The molecule has 1 heterocycles. The van der Waals surface area contributed by atoms with Crippen LogP contribution >= 0.6 is 0 Å². The highest BCUT2D eigenvalue weighted by atomic mass is 19.4. The monoisotopic (exact) mass is 399 g/mol. The van der Waals surface area contributed by atoms with E-state index in [2.05, 4.69) is 5.32 Å². The van der Waals surface area contributed by atoms with Gasteiger partial charge in [-0.3, -0.25) is 4.79 Å². The number of rotatable bonds is 3. The van der Waals surface area contributed by atoms with Crippen LogP contribution in [0.5, 0.6) is 0 Å². The Labute approximate surface area is 155 Å². The SMILES string of the molecule is NC(=O)N[C@@H]1Cc2c(F)cccc2N(Cc2cc(C(F)(F)F)ccc2F)C1=O. The van der Waals surface area contributed by atoms with Crippen LogP contribution in [0.25, 0.3) is 0 Å². The molecule has 1 atom stereocenters. The van der Waals surface area contributed by atoms with Crippen LogP contribution in [0.2, 0.25) is 0 Å². The number of anilines is 1. The van der Waals surface area contributed by atoms with E-state index < -0.39 is 53.5 Å². The van der Waals surface area contributed by atoms with Crippen LogP contribution in [0, 0.1) is 11.6 Å². The summed E-state index contributed by atoms with van der Waals surface area (Å²) in [5.41, 5.74) is 3.70. The molecule has 0 fully saturated rings. The van der Waals surface area contributed by atoms with Crippen molar-refractivity contribution in [2.75, 3.05) is 4.90 Å². The maximum absolute atomic E-state index is 14.2. The fourth-order valence-electron chi connectivity index (χ4n) is 3.09. The van der Waals surface area contributed by atoms with Gasteiger partial charge in [-0.05, 0) is 30.3 Å². The summed E-state index contributed by atoms with van der Waals surface area (Å²) in [5.74, 6) is -2.37. The lowest BCUT2D eigenvalue weighted by Crippen LogP contribution is -2.54. The summed E-state index contributed by atoms with van der Waals surface area (Å²) in [6.45, 7) is -0.581. The molecule has 1 aliphatic rings. The second-order valence-electron chi connectivity index (χ2n) is 6.23. The van der Waals surface area contributed by atoms with Gasteiger partial charge in [-0.1, -0.05) is 6.07 Å². The number of halogens is 5. The third-order valence-corrected chi connectivity index (χ3v) is 4.38. The van der Waals surface area contributed by atoms with Gasteiger partial charge in [0.05, 0.1) is 17.8 Å². The summed E-state index contributed by atoms with van der Waals surface area (Å²) in [7, 11) is 0. The first-order valence-electron chi connectivity index (χ1n) is 8.08. The van der Waals surface area contributed by atoms with Crippen molar-refractivity contribution in [3.63, 3.8) is 0 Å². The molecule has 10 heteroatoms. The molecule has 3 N–H and O–H groups in total. The first kappa shape index (κ1) is 19.6. The zero-order valence-corrected chi connectivity index (χ0v) is 14.2. The maximum Gasteiger partial charge on any atom is 0.416 e. The number of alkyl halides is 3. The highest BCUT2D eigenvalue weighted by Gasteiger charge is 2.36. The van der Waals surface area contributed by atoms with E-state index in [-0.39, 0.29) is 17.7 Å². The molecule has 0 saturated heterocycles. The summed E-state index contributed by atoms with van der Waals surface area (Å²) in [5, 5.41) is 2.17. The second-order valence-corrected chi connectivity index (χ2v) is 6.23. The number of nitrogens with one attached hydrogen (secondary N) is 1. The van der Waals surface area contributed by atoms with Gasteiger partial charge in [0.25, 0.3) is 0 Å². The van der Waals surface area contributed by atoms with Crippen molar-refractivity contribution < 1.29 is 31.5 Å². The van der Waals surface area contributed by atoms with Crippen LogP contribution in [0.1, 0.15) is 16.7 Å². The maximum atomic E-state index is 14.2. The Kier molecular flexibility index (Phi) is 4.97. The largest absolute Gasteiger partial charge is 0.416 e. The Balaban J connectivity index is 2.04. The van der Waals surface area contributed by atoms with Crippen molar-refractivity contribution in [1.82, 2.24) is 5.32 Å². The number of carbonyl (C=O) groups is 2. The van der Waals surface area contributed by atoms with Crippen molar-refractivity contribution >= 4 is 17.6 Å². The van der Waals surface area contributed by atoms with Crippen molar-refractivity contribution in [2.24, 2.45) is 5.73 Å². The molecule has 0 radical (unpaired) electrons. The van der Waals surface area contributed by atoms with Crippen molar-refractivity contribution in [3.8, 4) is 0 Å². The van der Waals surface area contributed by atoms with E-state index in [0.29, 0.717) is 18.2 Å². The number of benzene rings is 2. The molecule has 0 aromatic heterocycles. The van der Waals surface area contributed by atoms with E-state index in [1.165, 1.54) is 12.1 Å². The first-order chi connectivity index (χ1) is 13.1. The summed E-state index contributed by atoms with van der Waals surface area (Å²) in [4.78, 5) is 24.8. The summed E-state index contributed by atoms with van der Waals surface area (Å²) in [6, 6.07) is 3.42. The number of hydrogen-bond acceptors (Lipinski definition) is 2. The summed E-state index contributed by atoms with van der Waals surface area (Å²) >= 11 is 0. The average molecular weight is 399 g/mol. The molecular formula is C18H14F5N3O2. The van der Waals surface area contributed by atoms with E-state index in [1.807, 2.05) is 0 Å². The number of hydrogen-bond donors (Lipinski definition) is 2. The van der Waals surface area contributed by atoms with Gasteiger partial charge >= 0.3 is 12.2 Å². The number of primary amides is 1. The van der Waals surface area contributed by atoms with Crippen LogP contribution in [-0.4, -0.2) is 18.0 Å². The number of fused-ring (bicyclic) bond motifs is 1. The Morgan fingerprint density at radius 3 is 2.54 bits per heavy atom. The van der Waals surface area contributed by atoms with Crippen molar-refractivity contribution in [3.05, 3.63) is 64.7 Å². The molecule has 0 aliphatic carbocycles. The van der Waals surface area contributed by atoms with Crippen molar-refractivity contribution in [2.45, 2.75) is 25.2 Å². The third kappa shape index (κ3) is 3.75. The van der Waals surface area contributed by atoms with Gasteiger partial charge in [0.15, 0.2) is 0 Å².